The SMILES string of the molecule is C=CC(/C=C/c1ccc2c3c(cccc13)CC2)=C\C=[NH+]CCSSCC[n+]1ccc(/C=C/c2ccc3c4c(cccc24)CC3)cc1. The zero-order chi connectivity index (χ0) is 31.1. The Morgan fingerprint density at radius 3 is 1.96 bits per heavy atom. The second kappa shape index (κ2) is 14.5. The molecule has 0 radical (unpaired) electrons. The van der Waals surface area contributed by atoms with Crippen LogP contribution in [0.1, 0.15) is 38.9 Å². The maximum absolute atomic E-state index is 4.01. The van der Waals surface area contributed by atoms with Crippen LogP contribution in [-0.4, -0.2) is 24.3 Å². The van der Waals surface area contributed by atoms with Crippen LogP contribution in [0.15, 0.2) is 116 Å². The summed E-state index contributed by atoms with van der Waals surface area (Å²) in [6.07, 6.45) is 24.0. The first-order valence-corrected chi connectivity index (χ1v) is 18.8. The van der Waals surface area contributed by atoms with Crippen LogP contribution in [0, 0.1) is 0 Å². The highest BCUT2D eigenvalue weighted by molar-refractivity contribution is 8.76. The highest BCUT2D eigenvalue weighted by Gasteiger charge is 2.16. The molecule has 0 saturated carbocycles. The predicted molar refractivity (Wildman–Crippen MR) is 202 cm³/mol. The number of pyridine rings is 1. The minimum Gasteiger partial charge on any atom is -0.247 e. The quantitative estimate of drug-likeness (QED) is 0.0464. The van der Waals surface area contributed by atoms with E-state index in [0.29, 0.717) is 0 Å². The molecule has 228 valence electrons. The second-order valence-corrected chi connectivity index (χ2v) is 14.7. The van der Waals surface area contributed by atoms with E-state index in [9.17, 15) is 0 Å². The van der Waals surface area contributed by atoms with E-state index in [4.69, 9.17) is 0 Å². The number of hydrogen-bond donors (Lipinski definition) is 1. The van der Waals surface area contributed by atoms with Gasteiger partial charge in [0.2, 0.25) is 0 Å². The first-order chi connectivity index (χ1) is 22.8. The normalized spacial score (nSPS) is 14.2. The molecule has 46 heavy (non-hydrogen) atoms. The van der Waals surface area contributed by atoms with Crippen LogP contribution in [0.25, 0.3) is 39.8 Å². The van der Waals surface area contributed by atoms with Gasteiger partial charge in [0.15, 0.2) is 31.7 Å². The number of nitrogens with zero attached hydrogens (tertiary/aromatic N) is 1. The summed E-state index contributed by atoms with van der Waals surface area (Å²) in [6.45, 7) is 5.95. The summed E-state index contributed by atoms with van der Waals surface area (Å²) in [7, 11) is 3.86. The minimum atomic E-state index is 0.935. The number of aromatic nitrogens is 1. The Morgan fingerprint density at radius 1 is 0.696 bits per heavy atom. The fraction of sp³-hybridized carbons (Fsp3) is 0.190. The molecule has 0 spiro atoms. The van der Waals surface area contributed by atoms with Crippen molar-refractivity contribution in [2.75, 3.05) is 18.1 Å². The van der Waals surface area contributed by atoms with Crippen molar-refractivity contribution in [3.63, 3.8) is 0 Å². The van der Waals surface area contributed by atoms with E-state index in [2.05, 4.69) is 132 Å². The van der Waals surface area contributed by atoms with Crippen LogP contribution in [0.3, 0.4) is 0 Å². The lowest BCUT2D eigenvalue weighted by molar-refractivity contribution is -0.692. The summed E-state index contributed by atoms with van der Waals surface area (Å²) in [6, 6.07) is 27.0. The van der Waals surface area contributed by atoms with Crippen molar-refractivity contribution in [2.24, 2.45) is 0 Å². The summed E-state index contributed by atoms with van der Waals surface area (Å²) < 4.78 is 2.27. The van der Waals surface area contributed by atoms with Crippen LogP contribution < -0.4 is 9.56 Å². The number of allylic oxidation sites excluding steroid dienone is 4. The maximum atomic E-state index is 4.01. The van der Waals surface area contributed by atoms with Gasteiger partial charge in [0.05, 0.1) is 11.5 Å². The van der Waals surface area contributed by atoms with Gasteiger partial charge in [-0.15, -0.1) is 0 Å². The van der Waals surface area contributed by atoms with Crippen molar-refractivity contribution in [1.82, 2.24) is 0 Å². The molecule has 0 bridgehead atoms. The lowest BCUT2D eigenvalue weighted by atomic mass is 9.99. The topological polar surface area (TPSA) is 17.9 Å². The third-order valence-electron chi connectivity index (χ3n) is 9.12. The molecule has 4 aromatic carbocycles. The molecule has 1 aromatic heterocycles. The molecule has 5 aromatic rings. The Hall–Kier alpha value is -4.12. The Labute approximate surface area is 280 Å². The first-order valence-electron chi connectivity index (χ1n) is 16.3. The van der Waals surface area contributed by atoms with E-state index in [1.54, 1.807) is 0 Å². The molecular weight excluding hydrogens is 597 g/mol. The van der Waals surface area contributed by atoms with Gasteiger partial charge in [0.1, 0.15) is 0 Å². The summed E-state index contributed by atoms with van der Waals surface area (Å²) in [4.78, 5) is 3.43. The molecule has 2 aliphatic carbocycles. The minimum absolute atomic E-state index is 0.935. The summed E-state index contributed by atoms with van der Waals surface area (Å²) in [5.41, 5.74) is 10.9. The van der Waals surface area contributed by atoms with Crippen molar-refractivity contribution in [3.8, 4) is 0 Å². The molecule has 1 heterocycles. The number of rotatable bonds is 13. The van der Waals surface area contributed by atoms with Crippen LogP contribution in [-0.2, 0) is 32.2 Å². The average Bonchev–Trinajstić information content (AvgIpc) is 3.72. The van der Waals surface area contributed by atoms with Gasteiger partial charge in [-0.1, -0.05) is 119 Å². The zero-order valence-electron chi connectivity index (χ0n) is 26.3. The maximum Gasteiger partial charge on any atom is 0.169 e. The molecule has 0 fully saturated rings. The zero-order valence-corrected chi connectivity index (χ0v) is 27.9. The molecule has 0 atom stereocenters. The van der Waals surface area contributed by atoms with Gasteiger partial charge in [0, 0.05) is 18.2 Å². The molecule has 2 aliphatic rings. The Kier molecular flexibility index (Phi) is 9.65. The van der Waals surface area contributed by atoms with Gasteiger partial charge in [0.25, 0.3) is 0 Å². The number of aryl methyl sites for hydroxylation is 5. The van der Waals surface area contributed by atoms with Crippen molar-refractivity contribution in [3.05, 3.63) is 155 Å². The summed E-state index contributed by atoms with van der Waals surface area (Å²) in [5, 5.41) is 5.68. The van der Waals surface area contributed by atoms with Gasteiger partial charge in [-0.3, -0.25) is 0 Å². The average molecular weight is 637 g/mol. The van der Waals surface area contributed by atoms with E-state index in [0.717, 1.165) is 43.0 Å². The van der Waals surface area contributed by atoms with Crippen molar-refractivity contribution in [1.29, 1.82) is 0 Å². The number of hydrogen-bond acceptors (Lipinski definition) is 2. The predicted octanol–water partition coefficient (Wildman–Crippen LogP) is 8.01. The summed E-state index contributed by atoms with van der Waals surface area (Å²) >= 11 is 0. The molecule has 0 aliphatic heterocycles. The van der Waals surface area contributed by atoms with Crippen molar-refractivity contribution in [2.45, 2.75) is 32.2 Å². The number of benzene rings is 4. The van der Waals surface area contributed by atoms with E-state index in [1.807, 2.05) is 33.9 Å². The van der Waals surface area contributed by atoms with E-state index >= 15 is 0 Å². The fourth-order valence-corrected chi connectivity index (χ4v) is 8.62. The largest absolute Gasteiger partial charge is 0.247 e. The molecule has 0 unspecified atom stereocenters. The smallest absolute Gasteiger partial charge is 0.169 e. The van der Waals surface area contributed by atoms with E-state index in [1.165, 1.54) is 73.3 Å². The fourth-order valence-electron chi connectivity index (χ4n) is 6.72. The van der Waals surface area contributed by atoms with Crippen molar-refractivity contribution < 1.29 is 9.56 Å². The molecular formula is C42H40N2S2+2. The Balaban J connectivity index is 0.832. The molecule has 0 amide bonds. The van der Waals surface area contributed by atoms with Gasteiger partial charge >= 0.3 is 0 Å². The van der Waals surface area contributed by atoms with Gasteiger partial charge in [-0.05, 0) is 91.7 Å². The van der Waals surface area contributed by atoms with Crippen molar-refractivity contribution >= 4 is 67.6 Å². The lowest BCUT2D eigenvalue weighted by Gasteiger charge is -2.05. The van der Waals surface area contributed by atoms with E-state index in [-0.39, 0.29) is 0 Å². The van der Waals surface area contributed by atoms with Crippen LogP contribution >= 0.6 is 21.6 Å². The third kappa shape index (κ3) is 6.84. The van der Waals surface area contributed by atoms with Gasteiger partial charge in [-0.25, -0.2) is 9.56 Å². The van der Waals surface area contributed by atoms with Gasteiger partial charge < -0.3 is 0 Å². The third-order valence-corrected chi connectivity index (χ3v) is 11.5. The lowest BCUT2D eigenvalue weighted by Crippen LogP contribution is -2.69. The molecule has 4 heteroatoms. The highest BCUT2D eigenvalue weighted by Crippen LogP contribution is 2.34. The van der Waals surface area contributed by atoms with Crippen LogP contribution in [0.5, 0.6) is 0 Å². The first kappa shape index (κ1) is 30.5. The summed E-state index contributed by atoms with van der Waals surface area (Å²) in [5.74, 6) is 2.14. The standard InChI is InChI=1S/C42H39N2S2/c1-2-31(9-11-33-13-15-37-19-17-35-5-3-7-39(33)41(35)37)21-24-43-25-29-45-46-30-28-44-26-22-32(23-27-44)10-12-34-14-16-38-20-18-36-6-4-8-40(34)42(36)38/h2-16,21-24,26-27H,1,17-20,25,28-30H2/q+1/p+1/b11-9+,12-10+,31-21+,43-24?. The Morgan fingerprint density at radius 2 is 1.30 bits per heavy atom. The molecule has 7 rings (SSSR count). The van der Waals surface area contributed by atoms with Crippen LogP contribution in [0.4, 0.5) is 0 Å². The second-order valence-electron chi connectivity index (χ2n) is 12.0. The molecule has 2 nitrogen and oxygen atoms in total. The monoisotopic (exact) mass is 636 g/mol. The Bertz CT molecular complexity index is 1990. The van der Waals surface area contributed by atoms with Gasteiger partial charge in [-0.2, -0.15) is 0 Å². The molecule has 1 N–H and O–H groups in total. The molecule has 0 saturated heterocycles. The van der Waals surface area contributed by atoms with E-state index < -0.39 is 0 Å². The highest BCUT2D eigenvalue weighted by atomic mass is 33.1. The van der Waals surface area contributed by atoms with Crippen LogP contribution in [0.2, 0.25) is 0 Å². The number of nitrogens with one attached hydrogen (secondary N) is 1.